The second-order valence-corrected chi connectivity index (χ2v) is 4.60. The highest BCUT2D eigenvalue weighted by Crippen LogP contribution is 2.17. The maximum Gasteiger partial charge on any atom is 0.222 e. The van der Waals surface area contributed by atoms with E-state index in [4.69, 9.17) is 4.74 Å². The molecule has 0 unspecified atom stereocenters. The van der Waals surface area contributed by atoms with Crippen LogP contribution in [0.1, 0.15) is 33.1 Å². The molecule has 1 amide bonds. The first-order chi connectivity index (χ1) is 7.05. The molecule has 0 saturated carbocycles. The van der Waals surface area contributed by atoms with Gasteiger partial charge in [0.25, 0.3) is 0 Å². The zero-order chi connectivity index (χ0) is 11.3. The molecule has 3 nitrogen and oxygen atoms in total. The monoisotopic (exact) mass is 211 g/mol. The Morgan fingerprint density at radius 2 is 2.33 bits per heavy atom. The molecule has 1 heterocycles. The van der Waals surface area contributed by atoms with Crippen LogP contribution in [-0.4, -0.2) is 36.1 Å². The summed E-state index contributed by atoms with van der Waals surface area (Å²) < 4.78 is 5.66. The molecule has 0 aromatic carbocycles. The second-order valence-electron chi connectivity index (χ2n) is 4.60. The summed E-state index contributed by atoms with van der Waals surface area (Å²) in [7, 11) is 0. The van der Waals surface area contributed by atoms with Crippen molar-refractivity contribution >= 4 is 5.91 Å². The number of ether oxygens (including phenoxy) is 1. The lowest BCUT2D eigenvalue weighted by atomic mass is 10.1. The highest BCUT2D eigenvalue weighted by atomic mass is 16.5. The third-order valence-electron chi connectivity index (χ3n) is 2.55. The van der Waals surface area contributed by atoms with Crippen LogP contribution >= 0.6 is 0 Å². The van der Waals surface area contributed by atoms with Gasteiger partial charge in [0, 0.05) is 26.1 Å². The fraction of sp³-hybridized carbons (Fsp3) is 0.750. The zero-order valence-electron chi connectivity index (χ0n) is 9.79. The van der Waals surface area contributed by atoms with Gasteiger partial charge in [0.15, 0.2) is 0 Å². The van der Waals surface area contributed by atoms with Crippen LogP contribution in [-0.2, 0) is 9.53 Å². The molecule has 0 spiro atoms. The van der Waals surface area contributed by atoms with Gasteiger partial charge >= 0.3 is 0 Å². The summed E-state index contributed by atoms with van der Waals surface area (Å²) in [6.07, 6.45) is 4.05. The van der Waals surface area contributed by atoms with E-state index in [2.05, 4.69) is 6.58 Å². The van der Waals surface area contributed by atoms with E-state index in [0.717, 1.165) is 26.0 Å². The van der Waals surface area contributed by atoms with Crippen LogP contribution in [0.4, 0.5) is 0 Å². The number of amides is 1. The van der Waals surface area contributed by atoms with Crippen LogP contribution < -0.4 is 0 Å². The number of carbonyl (C=O) groups is 1. The predicted octanol–water partition coefficient (Wildman–Crippen LogP) is 1.98. The lowest BCUT2D eigenvalue weighted by Crippen LogP contribution is -2.41. The molecule has 15 heavy (non-hydrogen) atoms. The van der Waals surface area contributed by atoms with Gasteiger partial charge in [-0.3, -0.25) is 4.79 Å². The summed E-state index contributed by atoms with van der Waals surface area (Å²) in [6, 6.07) is 0. The number of hydrogen-bond donors (Lipinski definition) is 0. The molecule has 0 radical (unpaired) electrons. The number of nitrogens with zero attached hydrogens (tertiary/aromatic N) is 1. The molecule has 0 atom stereocenters. The minimum Gasteiger partial charge on any atom is -0.374 e. The van der Waals surface area contributed by atoms with Crippen LogP contribution in [0.5, 0.6) is 0 Å². The SMILES string of the molecule is C=CCCC(=O)N1CCCOC(C)(C)C1. The van der Waals surface area contributed by atoms with Crippen molar-refractivity contribution in [3.8, 4) is 0 Å². The van der Waals surface area contributed by atoms with Crippen molar-refractivity contribution in [2.24, 2.45) is 0 Å². The van der Waals surface area contributed by atoms with Gasteiger partial charge in [0.05, 0.1) is 5.60 Å². The van der Waals surface area contributed by atoms with Gasteiger partial charge in [-0.05, 0) is 26.7 Å². The predicted molar refractivity (Wildman–Crippen MR) is 60.7 cm³/mol. The van der Waals surface area contributed by atoms with E-state index in [1.54, 1.807) is 6.08 Å². The minimum atomic E-state index is -0.208. The fourth-order valence-corrected chi connectivity index (χ4v) is 1.78. The topological polar surface area (TPSA) is 29.5 Å². The van der Waals surface area contributed by atoms with Gasteiger partial charge in [0.1, 0.15) is 0 Å². The number of allylic oxidation sites excluding steroid dienone is 1. The van der Waals surface area contributed by atoms with E-state index in [9.17, 15) is 4.79 Å². The van der Waals surface area contributed by atoms with E-state index in [1.807, 2.05) is 18.7 Å². The molecule has 1 saturated heterocycles. The molecular weight excluding hydrogens is 190 g/mol. The Morgan fingerprint density at radius 3 is 3.00 bits per heavy atom. The molecule has 0 aliphatic carbocycles. The van der Waals surface area contributed by atoms with E-state index in [-0.39, 0.29) is 11.5 Å². The molecule has 1 aliphatic heterocycles. The Bertz CT molecular complexity index is 236. The van der Waals surface area contributed by atoms with Crippen molar-refractivity contribution in [3.05, 3.63) is 12.7 Å². The summed E-state index contributed by atoms with van der Waals surface area (Å²) in [5, 5.41) is 0. The molecule has 0 N–H and O–H groups in total. The Morgan fingerprint density at radius 1 is 1.60 bits per heavy atom. The van der Waals surface area contributed by atoms with Crippen LogP contribution in [0, 0.1) is 0 Å². The van der Waals surface area contributed by atoms with Crippen LogP contribution in [0.25, 0.3) is 0 Å². The van der Waals surface area contributed by atoms with Crippen molar-refractivity contribution in [2.45, 2.75) is 38.7 Å². The Kier molecular flexibility index (Phi) is 4.33. The molecule has 3 heteroatoms. The largest absolute Gasteiger partial charge is 0.374 e. The first-order valence-electron chi connectivity index (χ1n) is 5.58. The van der Waals surface area contributed by atoms with Gasteiger partial charge in [-0.15, -0.1) is 6.58 Å². The molecule has 86 valence electrons. The first kappa shape index (κ1) is 12.2. The highest BCUT2D eigenvalue weighted by Gasteiger charge is 2.27. The Hall–Kier alpha value is -0.830. The molecule has 1 aliphatic rings. The average Bonchev–Trinajstić information content (AvgIpc) is 2.35. The van der Waals surface area contributed by atoms with E-state index < -0.39 is 0 Å². The van der Waals surface area contributed by atoms with Crippen LogP contribution in [0.15, 0.2) is 12.7 Å². The summed E-state index contributed by atoms with van der Waals surface area (Å²) >= 11 is 0. The number of rotatable bonds is 3. The summed E-state index contributed by atoms with van der Waals surface area (Å²) in [5.74, 6) is 0.216. The van der Waals surface area contributed by atoms with Crippen LogP contribution in [0.3, 0.4) is 0 Å². The lowest BCUT2D eigenvalue weighted by molar-refractivity contribution is -0.133. The molecule has 1 fully saturated rings. The summed E-state index contributed by atoms with van der Waals surface area (Å²) in [4.78, 5) is 13.7. The normalized spacial score (nSPS) is 20.8. The van der Waals surface area contributed by atoms with E-state index >= 15 is 0 Å². The number of hydrogen-bond acceptors (Lipinski definition) is 2. The smallest absolute Gasteiger partial charge is 0.222 e. The molecular formula is C12H21NO2. The standard InChI is InChI=1S/C12H21NO2/c1-4-5-7-11(14)13-8-6-9-15-12(2,3)10-13/h4H,1,5-10H2,2-3H3. The Balaban J connectivity index is 2.51. The second kappa shape index (κ2) is 5.31. The van der Waals surface area contributed by atoms with Gasteiger partial charge in [-0.1, -0.05) is 6.08 Å². The van der Waals surface area contributed by atoms with Gasteiger partial charge < -0.3 is 9.64 Å². The lowest BCUT2D eigenvalue weighted by Gasteiger charge is -2.29. The van der Waals surface area contributed by atoms with Crippen molar-refractivity contribution in [1.82, 2.24) is 4.90 Å². The zero-order valence-corrected chi connectivity index (χ0v) is 9.79. The van der Waals surface area contributed by atoms with Gasteiger partial charge in [-0.25, -0.2) is 0 Å². The third kappa shape index (κ3) is 4.04. The molecule has 1 rings (SSSR count). The van der Waals surface area contributed by atoms with Crippen molar-refractivity contribution in [2.75, 3.05) is 19.7 Å². The first-order valence-corrected chi connectivity index (χ1v) is 5.58. The van der Waals surface area contributed by atoms with Gasteiger partial charge in [0.2, 0.25) is 5.91 Å². The summed E-state index contributed by atoms with van der Waals surface area (Å²) in [5.41, 5.74) is -0.208. The fourth-order valence-electron chi connectivity index (χ4n) is 1.78. The Labute approximate surface area is 92.1 Å². The maximum atomic E-state index is 11.8. The van der Waals surface area contributed by atoms with Crippen molar-refractivity contribution in [3.63, 3.8) is 0 Å². The quantitative estimate of drug-likeness (QED) is 0.668. The number of carbonyl (C=O) groups excluding carboxylic acids is 1. The van der Waals surface area contributed by atoms with E-state index in [0.29, 0.717) is 13.0 Å². The molecule has 0 bridgehead atoms. The third-order valence-corrected chi connectivity index (χ3v) is 2.55. The average molecular weight is 211 g/mol. The molecule has 0 aromatic rings. The summed E-state index contributed by atoms with van der Waals surface area (Å²) in [6.45, 7) is 9.96. The maximum absolute atomic E-state index is 11.8. The minimum absolute atomic E-state index is 0.208. The molecule has 0 aromatic heterocycles. The van der Waals surface area contributed by atoms with Gasteiger partial charge in [-0.2, -0.15) is 0 Å². The van der Waals surface area contributed by atoms with Crippen molar-refractivity contribution < 1.29 is 9.53 Å². The van der Waals surface area contributed by atoms with E-state index in [1.165, 1.54) is 0 Å². The highest BCUT2D eigenvalue weighted by molar-refractivity contribution is 5.76. The van der Waals surface area contributed by atoms with Crippen molar-refractivity contribution in [1.29, 1.82) is 0 Å². The van der Waals surface area contributed by atoms with Crippen LogP contribution in [0.2, 0.25) is 0 Å².